The van der Waals surface area contributed by atoms with Crippen molar-refractivity contribution in [1.29, 1.82) is 0 Å². The SMILES string of the molecule is CC(=O)N(c1cccc(Cl)c1)c1nc(CSc2nnc(-c3ccccc3Cl)n2C)cs1. The second kappa shape index (κ2) is 9.40. The molecule has 0 aliphatic rings. The molecule has 31 heavy (non-hydrogen) atoms. The highest BCUT2D eigenvalue weighted by Crippen LogP contribution is 2.33. The van der Waals surface area contributed by atoms with Crippen LogP contribution in [0.4, 0.5) is 10.8 Å². The molecule has 0 saturated heterocycles. The first kappa shape index (κ1) is 21.8. The lowest BCUT2D eigenvalue weighted by Gasteiger charge is -2.18. The Hall–Kier alpha value is -2.39. The summed E-state index contributed by atoms with van der Waals surface area (Å²) >= 11 is 15.3. The zero-order valence-corrected chi connectivity index (χ0v) is 19.8. The van der Waals surface area contributed by atoms with Crippen molar-refractivity contribution >= 4 is 63.0 Å². The predicted octanol–water partition coefficient (Wildman–Crippen LogP) is 6.22. The summed E-state index contributed by atoms with van der Waals surface area (Å²) in [4.78, 5) is 18.5. The summed E-state index contributed by atoms with van der Waals surface area (Å²) < 4.78 is 1.91. The number of hydrogen-bond donors (Lipinski definition) is 0. The molecule has 0 unspecified atom stereocenters. The predicted molar refractivity (Wildman–Crippen MR) is 127 cm³/mol. The van der Waals surface area contributed by atoms with Gasteiger partial charge in [-0.25, -0.2) is 4.98 Å². The number of halogens is 2. The fourth-order valence-electron chi connectivity index (χ4n) is 2.96. The maximum atomic E-state index is 12.3. The fourth-order valence-corrected chi connectivity index (χ4v) is 5.16. The van der Waals surface area contributed by atoms with E-state index in [2.05, 4.69) is 15.2 Å². The van der Waals surface area contributed by atoms with Gasteiger partial charge in [0.15, 0.2) is 16.1 Å². The van der Waals surface area contributed by atoms with Gasteiger partial charge in [0, 0.05) is 35.7 Å². The van der Waals surface area contributed by atoms with Crippen LogP contribution in [0.3, 0.4) is 0 Å². The van der Waals surface area contributed by atoms with Crippen molar-refractivity contribution in [1.82, 2.24) is 19.7 Å². The van der Waals surface area contributed by atoms with Gasteiger partial charge in [0.1, 0.15) is 0 Å². The number of rotatable bonds is 6. The van der Waals surface area contributed by atoms with Gasteiger partial charge in [-0.2, -0.15) is 0 Å². The molecule has 2 heterocycles. The van der Waals surface area contributed by atoms with Crippen molar-refractivity contribution in [2.24, 2.45) is 7.05 Å². The second-order valence-corrected chi connectivity index (χ2v) is 9.21. The van der Waals surface area contributed by atoms with E-state index < -0.39 is 0 Å². The minimum absolute atomic E-state index is 0.131. The van der Waals surface area contributed by atoms with Gasteiger partial charge < -0.3 is 4.57 Å². The highest BCUT2D eigenvalue weighted by molar-refractivity contribution is 7.98. The summed E-state index contributed by atoms with van der Waals surface area (Å²) in [5, 5.41) is 13.1. The topological polar surface area (TPSA) is 63.9 Å². The molecule has 1 amide bonds. The third-order valence-electron chi connectivity index (χ3n) is 4.41. The zero-order chi connectivity index (χ0) is 22.0. The molecule has 2 aromatic heterocycles. The Morgan fingerprint density at radius 2 is 1.97 bits per heavy atom. The van der Waals surface area contributed by atoms with Crippen molar-refractivity contribution in [3.8, 4) is 11.4 Å². The lowest BCUT2D eigenvalue weighted by Crippen LogP contribution is -2.22. The summed E-state index contributed by atoms with van der Waals surface area (Å²) in [6, 6.07) is 14.7. The van der Waals surface area contributed by atoms with Crippen LogP contribution in [0, 0.1) is 0 Å². The highest BCUT2D eigenvalue weighted by atomic mass is 35.5. The van der Waals surface area contributed by atoms with Crippen LogP contribution in [0.2, 0.25) is 10.0 Å². The van der Waals surface area contributed by atoms with Gasteiger partial charge in [-0.1, -0.05) is 53.2 Å². The van der Waals surface area contributed by atoms with E-state index in [0.29, 0.717) is 32.4 Å². The molecule has 4 aromatic rings. The molecule has 0 N–H and O–H groups in total. The molecule has 6 nitrogen and oxygen atoms in total. The Labute approximate surface area is 197 Å². The molecule has 0 spiro atoms. The number of anilines is 2. The van der Waals surface area contributed by atoms with Crippen molar-refractivity contribution in [2.45, 2.75) is 17.8 Å². The monoisotopic (exact) mass is 489 g/mol. The first-order valence-corrected chi connectivity index (χ1v) is 11.8. The zero-order valence-electron chi connectivity index (χ0n) is 16.6. The minimum atomic E-state index is -0.131. The molecule has 0 saturated carbocycles. The van der Waals surface area contributed by atoms with Gasteiger partial charge in [0.25, 0.3) is 0 Å². The van der Waals surface area contributed by atoms with E-state index >= 15 is 0 Å². The van der Waals surface area contributed by atoms with E-state index in [0.717, 1.165) is 16.4 Å². The van der Waals surface area contributed by atoms with Gasteiger partial charge in [-0.15, -0.1) is 21.5 Å². The van der Waals surface area contributed by atoms with E-state index in [9.17, 15) is 4.79 Å². The largest absolute Gasteiger partial charge is 0.305 e. The Morgan fingerprint density at radius 1 is 1.16 bits per heavy atom. The Bertz CT molecular complexity index is 1240. The molecule has 10 heteroatoms. The van der Waals surface area contributed by atoms with Crippen molar-refractivity contribution in [2.75, 3.05) is 4.90 Å². The quantitative estimate of drug-likeness (QED) is 0.300. The first-order valence-electron chi connectivity index (χ1n) is 9.22. The third-order valence-corrected chi connectivity index (χ3v) is 6.90. The lowest BCUT2D eigenvalue weighted by atomic mass is 10.2. The van der Waals surface area contributed by atoms with Crippen LogP contribution in [0.5, 0.6) is 0 Å². The minimum Gasteiger partial charge on any atom is -0.305 e. The van der Waals surface area contributed by atoms with Crippen molar-refractivity contribution in [3.05, 3.63) is 69.7 Å². The number of amides is 1. The average Bonchev–Trinajstić information content (AvgIpc) is 3.34. The second-order valence-electron chi connectivity index (χ2n) is 6.59. The molecule has 158 valence electrons. The van der Waals surface area contributed by atoms with Crippen molar-refractivity contribution < 1.29 is 4.79 Å². The smallest absolute Gasteiger partial charge is 0.230 e. The molecule has 4 rings (SSSR count). The summed E-state index contributed by atoms with van der Waals surface area (Å²) in [5.41, 5.74) is 2.37. The number of thiazole rings is 1. The lowest BCUT2D eigenvalue weighted by molar-refractivity contribution is -0.115. The van der Waals surface area contributed by atoms with Crippen molar-refractivity contribution in [3.63, 3.8) is 0 Å². The first-order chi connectivity index (χ1) is 14.9. The van der Waals surface area contributed by atoms with E-state index in [1.165, 1.54) is 30.0 Å². The molecule has 0 fully saturated rings. The molecule has 0 radical (unpaired) electrons. The maximum Gasteiger partial charge on any atom is 0.230 e. The summed E-state index contributed by atoms with van der Waals surface area (Å²) in [7, 11) is 1.91. The number of nitrogens with zero attached hydrogens (tertiary/aromatic N) is 5. The normalized spacial score (nSPS) is 11.0. The van der Waals surface area contributed by atoms with Crippen LogP contribution in [0.25, 0.3) is 11.4 Å². The van der Waals surface area contributed by atoms with Crippen LogP contribution < -0.4 is 4.90 Å². The van der Waals surface area contributed by atoms with E-state index in [1.807, 2.05) is 53.4 Å². The Morgan fingerprint density at radius 3 is 2.71 bits per heavy atom. The van der Waals surface area contributed by atoms with Gasteiger partial charge >= 0.3 is 0 Å². The number of thioether (sulfide) groups is 1. The average molecular weight is 490 g/mol. The van der Waals surface area contributed by atoms with E-state index in [4.69, 9.17) is 23.2 Å². The van der Waals surface area contributed by atoms with Crippen LogP contribution >= 0.6 is 46.3 Å². The maximum absolute atomic E-state index is 12.3. The molecular weight excluding hydrogens is 473 g/mol. The van der Waals surface area contributed by atoms with Crippen LogP contribution in [0.1, 0.15) is 12.6 Å². The van der Waals surface area contributed by atoms with E-state index in [-0.39, 0.29) is 5.91 Å². The summed E-state index contributed by atoms with van der Waals surface area (Å²) in [5.74, 6) is 1.16. The van der Waals surface area contributed by atoms with Crippen LogP contribution in [-0.4, -0.2) is 25.7 Å². The fraction of sp³-hybridized carbons (Fsp3) is 0.143. The number of carbonyl (C=O) groups is 1. The standard InChI is InChI=1S/C21H17Cl2N5OS2/c1-13(29)28(16-7-5-6-14(22)10-16)20-24-15(11-30-20)12-31-21-26-25-19(27(21)2)17-8-3-4-9-18(17)23/h3-11H,12H2,1-2H3. The Balaban J connectivity index is 1.51. The van der Waals surface area contributed by atoms with Crippen LogP contribution in [-0.2, 0) is 17.6 Å². The molecule has 0 bridgehead atoms. The molecule has 0 aliphatic carbocycles. The number of aromatic nitrogens is 4. The van der Waals surface area contributed by atoms with Gasteiger partial charge in [0.2, 0.25) is 5.91 Å². The molecule has 2 aromatic carbocycles. The van der Waals surface area contributed by atoms with Gasteiger partial charge in [-0.05, 0) is 30.3 Å². The van der Waals surface area contributed by atoms with Gasteiger partial charge in [-0.3, -0.25) is 9.69 Å². The number of benzene rings is 2. The molecular formula is C21H17Cl2N5OS2. The van der Waals surface area contributed by atoms with E-state index in [1.54, 1.807) is 17.0 Å². The summed E-state index contributed by atoms with van der Waals surface area (Å²) in [6.45, 7) is 1.51. The Kier molecular flexibility index (Phi) is 6.62. The number of hydrogen-bond acceptors (Lipinski definition) is 6. The molecule has 0 aliphatic heterocycles. The highest BCUT2D eigenvalue weighted by Gasteiger charge is 2.19. The molecule has 0 atom stereocenters. The third kappa shape index (κ3) is 4.77. The summed E-state index contributed by atoms with van der Waals surface area (Å²) in [6.07, 6.45) is 0. The van der Waals surface area contributed by atoms with Crippen LogP contribution in [0.15, 0.2) is 59.1 Å². The van der Waals surface area contributed by atoms with Gasteiger partial charge in [0.05, 0.1) is 16.4 Å². The number of carbonyl (C=O) groups excluding carboxylic acids is 1.